The van der Waals surface area contributed by atoms with Crippen LogP contribution >= 0.6 is 0 Å². The zero-order chi connectivity index (χ0) is 30.4. The Morgan fingerprint density at radius 3 is 1.68 bits per heavy atom. The maximum Gasteiger partial charge on any atom is 0.143 e. The molecular formula is C44H24N2O. The average Bonchev–Trinajstić information content (AvgIpc) is 3.52. The molecule has 4 heterocycles. The lowest BCUT2D eigenvalue weighted by Gasteiger charge is -2.26. The van der Waals surface area contributed by atoms with E-state index in [2.05, 4.69) is 142 Å². The van der Waals surface area contributed by atoms with E-state index < -0.39 is 0 Å². The van der Waals surface area contributed by atoms with Crippen LogP contribution in [0.4, 0.5) is 0 Å². The summed E-state index contributed by atoms with van der Waals surface area (Å²) in [6.45, 7) is 0. The highest BCUT2D eigenvalue weighted by atomic mass is 16.3. The van der Waals surface area contributed by atoms with Crippen LogP contribution in [-0.4, -0.2) is 8.97 Å². The summed E-state index contributed by atoms with van der Waals surface area (Å²) in [4.78, 5) is 0. The van der Waals surface area contributed by atoms with E-state index in [4.69, 9.17) is 4.42 Å². The predicted octanol–water partition coefficient (Wildman–Crippen LogP) is 12.1. The fourth-order valence-corrected chi connectivity index (χ4v) is 8.69. The molecule has 0 aliphatic heterocycles. The van der Waals surface area contributed by atoms with E-state index in [1.54, 1.807) is 0 Å². The summed E-state index contributed by atoms with van der Waals surface area (Å²) in [5.74, 6) is 0. The number of nitrogens with zero attached hydrogens (tertiary/aromatic N) is 2. The number of benzene rings is 8. The maximum absolute atomic E-state index is 6.41. The topological polar surface area (TPSA) is 22.5 Å². The first-order valence-electron chi connectivity index (χ1n) is 16.2. The van der Waals surface area contributed by atoms with E-state index in [-0.39, 0.29) is 0 Å². The molecule has 0 spiro atoms. The van der Waals surface area contributed by atoms with Crippen LogP contribution in [0.25, 0.3) is 109 Å². The molecular weight excluding hydrogens is 572 g/mol. The lowest BCUT2D eigenvalue weighted by Crippen LogP contribution is -2.09. The molecule has 0 amide bonds. The van der Waals surface area contributed by atoms with Gasteiger partial charge in [-0.05, 0) is 57.4 Å². The van der Waals surface area contributed by atoms with Crippen molar-refractivity contribution in [2.75, 3.05) is 0 Å². The van der Waals surface area contributed by atoms with E-state index in [9.17, 15) is 0 Å². The highest BCUT2D eigenvalue weighted by Crippen LogP contribution is 2.46. The first-order valence-corrected chi connectivity index (χ1v) is 16.2. The van der Waals surface area contributed by atoms with Gasteiger partial charge in [-0.1, -0.05) is 115 Å². The van der Waals surface area contributed by atoms with Gasteiger partial charge in [-0.3, -0.25) is 0 Å². The quantitative estimate of drug-likeness (QED) is 0.144. The predicted molar refractivity (Wildman–Crippen MR) is 197 cm³/mol. The van der Waals surface area contributed by atoms with Crippen molar-refractivity contribution in [3.05, 3.63) is 146 Å². The third-order valence-corrected chi connectivity index (χ3v) is 10.6. The summed E-state index contributed by atoms with van der Waals surface area (Å²) in [7, 11) is 0. The van der Waals surface area contributed by atoms with Crippen molar-refractivity contribution >= 4 is 92.6 Å². The highest BCUT2D eigenvalue weighted by Gasteiger charge is 2.24. The summed E-state index contributed by atoms with van der Waals surface area (Å²) in [5, 5.41) is 12.7. The minimum Gasteiger partial charge on any atom is -0.455 e. The van der Waals surface area contributed by atoms with Crippen LogP contribution in [0.5, 0.6) is 0 Å². The van der Waals surface area contributed by atoms with Crippen LogP contribution < -0.4 is 0 Å². The van der Waals surface area contributed by atoms with Crippen molar-refractivity contribution in [1.29, 1.82) is 0 Å². The Labute approximate surface area is 267 Å². The first-order chi connectivity index (χ1) is 23.3. The lowest BCUT2D eigenvalue weighted by molar-refractivity contribution is 0.670. The molecule has 12 rings (SSSR count). The number of aromatic nitrogens is 2. The van der Waals surface area contributed by atoms with Gasteiger partial charge in [-0.2, -0.15) is 0 Å². The lowest BCUT2D eigenvalue weighted by atomic mass is 9.92. The molecule has 0 saturated carbocycles. The summed E-state index contributed by atoms with van der Waals surface area (Å²) in [5.41, 5.74) is 11.5. The molecule has 3 heteroatoms. The number of hydrogen-bond acceptors (Lipinski definition) is 1. The number of para-hydroxylation sites is 3. The van der Waals surface area contributed by atoms with Gasteiger partial charge < -0.3 is 13.4 Å². The summed E-state index contributed by atoms with van der Waals surface area (Å²) in [6.07, 6.45) is 0. The Bertz CT molecular complexity index is 3090. The van der Waals surface area contributed by atoms with Crippen molar-refractivity contribution in [3.63, 3.8) is 0 Å². The molecule has 0 unspecified atom stereocenters. The van der Waals surface area contributed by atoms with Gasteiger partial charge in [0, 0.05) is 43.6 Å². The molecule has 12 aromatic rings. The average molecular weight is 597 g/mol. The monoisotopic (exact) mass is 596 g/mol. The van der Waals surface area contributed by atoms with Gasteiger partial charge in [-0.15, -0.1) is 0 Å². The second-order valence-corrected chi connectivity index (χ2v) is 12.9. The molecule has 0 aliphatic carbocycles. The van der Waals surface area contributed by atoms with E-state index >= 15 is 0 Å². The molecule has 0 radical (unpaired) electrons. The van der Waals surface area contributed by atoms with Gasteiger partial charge in [0.1, 0.15) is 11.2 Å². The van der Waals surface area contributed by atoms with Crippen LogP contribution in [-0.2, 0) is 0 Å². The first kappa shape index (κ1) is 24.0. The standard InChI is InChI=1S/C44H24N2O/c1-2-16-38-30(9-1)35-15-5-10-29(44(35)47-38)25-17-21-28(22-18-25)45-36-23-19-26-7-3-11-31-33-13-6-14-34-32-12-4-8-27-20-24-37(45)43(40(27)32)46(41(33)34)42(36)39(26)31/h1-24H. The summed E-state index contributed by atoms with van der Waals surface area (Å²) >= 11 is 0. The minimum atomic E-state index is 0.920. The molecule has 0 saturated heterocycles. The molecule has 47 heavy (non-hydrogen) atoms. The van der Waals surface area contributed by atoms with Gasteiger partial charge >= 0.3 is 0 Å². The van der Waals surface area contributed by atoms with Gasteiger partial charge in [0.15, 0.2) is 0 Å². The van der Waals surface area contributed by atoms with Gasteiger partial charge in [-0.25, -0.2) is 0 Å². The SMILES string of the molecule is c1ccc2c(c1)oc1c(-c3ccc(-n4c5ccc6cccc7c8cccc9c%10cccc%11ccc4c(c%11%10)n(c89)c5c67)cc3)cccc12. The molecule has 216 valence electrons. The Morgan fingerprint density at radius 2 is 0.979 bits per heavy atom. The molecule has 8 aromatic carbocycles. The van der Waals surface area contributed by atoms with Crippen LogP contribution in [0.3, 0.4) is 0 Å². The molecule has 0 N–H and O–H groups in total. The normalized spacial score (nSPS) is 12.7. The number of fused-ring (bicyclic) bond motifs is 5. The van der Waals surface area contributed by atoms with Crippen LogP contribution in [0.2, 0.25) is 0 Å². The largest absolute Gasteiger partial charge is 0.455 e. The molecule has 0 aliphatic rings. The Kier molecular flexibility index (Phi) is 4.22. The zero-order valence-corrected chi connectivity index (χ0v) is 25.2. The van der Waals surface area contributed by atoms with Gasteiger partial charge in [0.2, 0.25) is 0 Å². The Morgan fingerprint density at radius 1 is 0.404 bits per heavy atom. The van der Waals surface area contributed by atoms with E-state index in [1.165, 1.54) is 70.7 Å². The smallest absolute Gasteiger partial charge is 0.143 e. The number of rotatable bonds is 2. The highest BCUT2D eigenvalue weighted by molar-refractivity contribution is 6.33. The molecule has 3 nitrogen and oxygen atoms in total. The van der Waals surface area contributed by atoms with Gasteiger partial charge in [0.05, 0.1) is 27.6 Å². The molecule has 4 aromatic heterocycles. The van der Waals surface area contributed by atoms with Crippen molar-refractivity contribution in [2.45, 2.75) is 0 Å². The summed E-state index contributed by atoms with van der Waals surface area (Å²) in [6, 6.07) is 53.3. The number of furan rings is 1. The van der Waals surface area contributed by atoms with E-state index in [1.807, 2.05) is 12.1 Å². The van der Waals surface area contributed by atoms with Crippen molar-refractivity contribution in [3.8, 4) is 16.8 Å². The molecule has 0 bridgehead atoms. The number of pyridine rings is 2. The zero-order valence-electron chi connectivity index (χ0n) is 25.2. The summed E-state index contributed by atoms with van der Waals surface area (Å²) < 4.78 is 11.5. The van der Waals surface area contributed by atoms with Crippen LogP contribution in [0.1, 0.15) is 0 Å². The van der Waals surface area contributed by atoms with Crippen molar-refractivity contribution in [1.82, 2.24) is 8.97 Å². The second-order valence-electron chi connectivity index (χ2n) is 12.9. The van der Waals surface area contributed by atoms with Crippen molar-refractivity contribution < 1.29 is 4.42 Å². The third kappa shape index (κ3) is 2.85. The van der Waals surface area contributed by atoms with Crippen LogP contribution in [0.15, 0.2) is 150 Å². The van der Waals surface area contributed by atoms with Crippen LogP contribution in [0, 0.1) is 0 Å². The van der Waals surface area contributed by atoms with E-state index in [0.29, 0.717) is 0 Å². The second kappa shape index (κ2) is 8.28. The fraction of sp³-hybridized carbons (Fsp3) is 0. The molecule has 0 atom stereocenters. The minimum absolute atomic E-state index is 0.920. The van der Waals surface area contributed by atoms with Gasteiger partial charge in [0.25, 0.3) is 0 Å². The van der Waals surface area contributed by atoms with E-state index in [0.717, 1.165) is 38.8 Å². The van der Waals surface area contributed by atoms with Crippen molar-refractivity contribution in [2.24, 2.45) is 0 Å². The maximum atomic E-state index is 6.41. The molecule has 0 fully saturated rings. The number of hydrogen-bond donors (Lipinski definition) is 0. The Hall–Kier alpha value is -6.32. The third-order valence-electron chi connectivity index (χ3n) is 10.6. The Balaban J connectivity index is 1.22. The fourth-order valence-electron chi connectivity index (χ4n) is 8.69.